The lowest BCUT2D eigenvalue weighted by atomic mass is 9.83. The maximum atomic E-state index is 12.6. The van der Waals surface area contributed by atoms with Crippen molar-refractivity contribution in [2.75, 3.05) is 34.4 Å². The van der Waals surface area contributed by atoms with Gasteiger partial charge in [-0.3, -0.25) is 0 Å². The average Bonchev–Trinajstić information content (AvgIpc) is 3.31. The topological polar surface area (TPSA) is 112 Å². The lowest BCUT2D eigenvalue weighted by Gasteiger charge is -2.22. The first-order valence-corrected chi connectivity index (χ1v) is 9.43. The molecule has 2 aliphatic rings. The van der Waals surface area contributed by atoms with Crippen molar-refractivity contribution in [3.8, 4) is 0 Å². The maximum Gasteiger partial charge on any atom is 0.407 e. The molecule has 2 heterocycles. The largest absolute Gasteiger partial charge is 0.466 e. The molecule has 2 aliphatic heterocycles. The van der Waals surface area contributed by atoms with Gasteiger partial charge in [0, 0.05) is 35.8 Å². The smallest absolute Gasteiger partial charge is 0.407 e. The Morgan fingerprint density at radius 2 is 1.50 bits per heavy atom. The molecule has 30 heavy (non-hydrogen) atoms. The molecule has 2 bridgehead atoms. The van der Waals surface area contributed by atoms with Crippen molar-refractivity contribution in [3.05, 3.63) is 51.6 Å². The minimum Gasteiger partial charge on any atom is -0.466 e. The van der Waals surface area contributed by atoms with Crippen molar-refractivity contribution in [1.29, 1.82) is 0 Å². The Morgan fingerprint density at radius 3 is 2.00 bits per heavy atom. The zero-order chi connectivity index (χ0) is 21.8. The summed E-state index contributed by atoms with van der Waals surface area (Å²) in [6.45, 7) is -0.236. The SMILES string of the molecule is CNC(=O)OCC1=C(COC(=O)NC)[C@H]2O[C@H]1C(C(=O)OC)=C2c1ccc(Cl)cc1. The minimum atomic E-state index is -0.791. The lowest BCUT2D eigenvalue weighted by Crippen LogP contribution is -2.28. The molecule has 0 fully saturated rings. The number of benzene rings is 1. The van der Waals surface area contributed by atoms with Gasteiger partial charge >= 0.3 is 18.2 Å². The van der Waals surface area contributed by atoms with Crippen molar-refractivity contribution in [2.45, 2.75) is 12.2 Å². The molecule has 160 valence electrons. The highest BCUT2D eigenvalue weighted by molar-refractivity contribution is 6.30. The second-order valence-corrected chi connectivity index (χ2v) is 6.86. The number of rotatable bonds is 6. The zero-order valence-corrected chi connectivity index (χ0v) is 17.4. The number of hydrogen-bond donors (Lipinski definition) is 2. The number of halogens is 1. The van der Waals surface area contributed by atoms with Gasteiger partial charge in [-0.05, 0) is 17.7 Å². The fourth-order valence-electron chi connectivity index (χ4n) is 3.44. The van der Waals surface area contributed by atoms with Gasteiger partial charge in [0.15, 0.2) is 0 Å². The number of carbonyl (C=O) groups is 3. The van der Waals surface area contributed by atoms with E-state index < -0.39 is 30.4 Å². The second-order valence-electron chi connectivity index (χ2n) is 6.42. The molecular weight excluding hydrogens is 416 g/mol. The summed E-state index contributed by atoms with van der Waals surface area (Å²) in [4.78, 5) is 35.8. The predicted octanol–water partition coefficient (Wildman–Crippen LogP) is 2.06. The molecule has 0 aromatic heterocycles. The van der Waals surface area contributed by atoms with Crippen LogP contribution in [0.2, 0.25) is 5.02 Å². The Bertz CT molecular complexity index is 924. The van der Waals surface area contributed by atoms with E-state index in [0.717, 1.165) is 5.56 Å². The van der Waals surface area contributed by atoms with Gasteiger partial charge in [0.1, 0.15) is 25.4 Å². The third kappa shape index (κ3) is 4.12. The van der Waals surface area contributed by atoms with Crippen LogP contribution >= 0.6 is 11.6 Å². The van der Waals surface area contributed by atoms with Crippen LogP contribution in [0.15, 0.2) is 41.0 Å². The summed E-state index contributed by atoms with van der Waals surface area (Å²) in [5.41, 5.74) is 2.76. The van der Waals surface area contributed by atoms with Gasteiger partial charge in [0.05, 0.1) is 12.7 Å². The number of nitrogens with one attached hydrogen (secondary N) is 2. The van der Waals surface area contributed by atoms with Crippen LogP contribution in [-0.2, 0) is 23.7 Å². The van der Waals surface area contributed by atoms with Gasteiger partial charge in [0.25, 0.3) is 0 Å². The summed E-state index contributed by atoms with van der Waals surface area (Å²) in [7, 11) is 4.15. The van der Waals surface area contributed by atoms with Crippen molar-refractivity contribution < 1.29 is 33.3 Å². The summed E-state index contributed by atoms with van der Waals surface area (Å²) in [6.07, 6.45) is -2.72. The summed E-state index contributed by atoms with van der Waals surface area (Å²) < 4.78 is 21.4. The molecule has 0 aliphatic carbocycles. The molecule has 0 radical (unpaired) electrons. The van der Waals surface area contributed by atoms with Crippen molar-refractivity contribution in [3.63, 3.8) is 0 Å². The fraction of sp³-hybridized carbons (Fsp3) is 0.350. The van der Waals surface area contributed by atoms with Crippen molar-refractivity contribution >= 4 is 35.3 Å². The van der Waals surface area contributed by atoms with Gasteiger partial charge < -0.3 is 29.6 Å². The van der Waals surface area contributed by atoms with E-state index >= 15 is 0 Å². The Hall–Kier alpha value is -3.04. The highest BCUT2D eigenvalue weighted by Crippen LogP contribution is 2.48. The maximum absolute atomic E-state index is 12.6. The van der Waals surface area contributed by atoms with E-state index in [-0.39, 0.29) is 13.2 Å². The molecule has 2 N–H and O–H groups in total. The number of alkyl carbamates (subject to hydrolysis) is 2. The van der Waals surface area contributed by atoms with Crippen LogP contribution in [-0.4, -0.2) is 64.8 Å². The van der Waals surface area contributed by atoms with Crippen molar-refractivity contribution in [1.82, 2.24) is 10.6 Å². The van der Waals surface area contributed by atoms with E-state index in [9.17, 15) is 14.4 Å². The average molecular weight is 437 g/mol. The molecule has 10 heteroatoms. The number of amides is 2. The second kappa shape index (κ2) is 9.19. The molecule has 1 aromatic rings. The first-order chi connectivity index (χ1) is 14.4. The van der Waals surface area contributed by atoms with Crippen LogP contribution in [0, 0.1) is 0 Å². The van der Waals surface area contributed by atoms with Crippen LogP contribution in [0.5, 0.6) is 0 Å². The van der Waals surface area contributed by atoms with E-state index in [1.54, 1.807) is 24.3 Å². The predicted molar refractivity (Wildman–Crippen MR) is 107 cm³/mol. The number of ether oxygens (including phenoxy) is 4. The highest BCUT2D eigenvalue weighted by atomic mass is 35.5. The summed E-state index contributed by atoms with van der Waals surface area (Å²) in [5, 5.41) is 5.27. The molecule has 1 aromatic carbocycles. The fourth-order valence-corrected chi connectivity index (χ4v) is 3.56. The first-order valence-electron chi connectivity index (χ1n) is 9.05. The number of hydrogen-bond acceptors (Lipinski definition) is 7. The zero-order valence-electron chi connectivity index (χ0n) is 16.6. The van der Waals surface area contributed by atoms with Crippen LogP contribution < -0.4 is 10.6 Å². The lowest BCUT2D eigenvalue weighted by molar-refractivity contribution is -0.136. The molecule has 2 atom stereocenters. The Balaban J connectivity index is 2.02. The van der Waals surface area contributed by atoms with Gasteiger partial charge in [-0.2, -0.15) is 0 Å². The van der Waals surface area contributed by atoms with E-state index in [1.165, 1.54) is 21.2 Å². The van der Waals surface area contributed by atoms with Crippen LogP contribution in [0.25, 0.3) is 5.57 Å². The van der Waals surface area contributed by atoms with E-state index in [2.05, 4.69) is 10.6 Å². The standard InChI is InChI=1S/C20H21ClN2O7/c1-22-19(25)28-8-12-13(9-29-20(26)23-2)17-15(18(24)27-3)14(16(12)30-17)10-4-6-11(21)7-5-10/h4-7,16-17H,8-9H2,1-3H3,(H,22,25)(H,23,26)/t16-,17-/m1/s1. The monoisotopic (exact) mass is 436 g/mol. The Labute approximate surface area is 177 Å². The molecule has 3 rings (SSSR count). The first kappa shape index (κ1) is 21.7. The molecule has 0 spiro atoms. The Morgan fingerprint density at radius 1 is 0.967 bits per heavy atom. The van der Waals surface area contributed by atoms with Crippen molar-refractivity contribution in [2.24, 2.45) is 0 Å². The van der Waals surface area contributed by atoms with E-state index in [0.29, 0.717) is 27.3 Å². The third-order valence-corrected chi connectivity index (χ3v) is 5.07. The van der Waals surface area contributed by atoms with Crippen LogP contribution in [0.1, 0.15) is 5.56 Å². The summed E-state index contributed by atoms with van der Waals surface area (Å²) in [5.74, 6) is -0.559. The van der Waals surface area contributed by atoms with Crippen LogP contribution in [0.3, 0.4) is 0 Å². The van der Waals surface area contributed by atoms with Gasteiger partial charge in [0.2, 0.25) is 0 Å². The van der Waals surface area contributed by atoms with E-state index in [4.69, 9.17) is 30.5 Å². The van der Waals surface area contributed by atoms with Gasteiger partial charge in [-0.25, -0.2) is 14.4 Å². The normalized spacial score (nSPS) is 19.6. The summed E-state index contributed by atoms with van der Waals surface area (Å²) in [6, 6.07) is 6.93. The van der Waals surface area contributed by atoms with Gasteiger partial charge in [-0.15, -0.1) is 0 Å². The number of fused-ring (bicyclic) bond motifs is 2. The van der Waals surface area contributed by atoms with Crippen LogP contribution in [0.4, 0.5) is 9.59 Å². The number of carbonyl (C=O) groups excluding carboxylic acids is 3. The highest BCUT2D eigenvalue weighted by Gasteiger charge is 2.50. The van der Waals surface area contributed by atoms with E-state index in [1.807, 2.05) is 0 Å². The summed E-state index contributed by atoms with van der Waals surface area (Å²) >= 11 is 5.99. The quantitative estimate of drug-likeness (QED) is 0.398. The third-order valence-electron chi connectivity index (χ3n) is 4.82. The molecule has 0 saturated heterocycles. The Kier molecular flexibility index (Phi) is 6.63. The molecular formula is C20H21ClN2O7. The number of esters is 1. The minimum absolute atomic E-state index is 0.0984. The molecule has 0 unspecified atom stereocenters. The number of methoxy groups -OCH3 is 1. The molecule has 9 nitrogen and oxygen atoms in total. The van der Waals surface area contributed by atoms with Gasteiger partial charge in [-0.1, -0.05) is 23.7 Å². The molecule has 0 saturated carbocycles. The molecule has 2 amide bonds.